The molecule has 0 saturated heterocycles. The molecular weight excluding hydrogens is 126 g/mol. The molecule has 1 aliphatic rings. The third-order valence-corrected chi connectivity index (χ3v) is 2.28. The van der Waals surface area contributed by atoms with Crippen molar-refractivity contribution in [3.63, 3.8) is 0 Å². The van der Waals surface area contributed by atoms with Gasteiger partial charge in [-0.2, -0.15) is 0 Å². The molecule has 0 N–H and O–H groups in total. The van der Waals surface area contributed by atoms with Crippen LogP contribution in [0, 0.1) is 5.92 Å². The van der Waals surface area contributed by atoms with E-state index in [0.717, 1.165) is 6.42 Å². The quantitative estimate of drug-likeness (QED) is 0.403. The van der Waals surface area contributed by atoms with Gasteiger partial charge in [0.05, 0.1) is 6.04 Å². The Bertz CT molecular complexity index is 149. The molecule has 0 aromatic heterocycles. The SMILES string of the molecule is C[C@@H]1CCCCC1N=C=O. The number of nitrogens with zero attached hydrogens (tertiary/aromatic N) is 1. The van der Waals surface area contributed by atoms with Crippen molar-refractivity contribution in [2.45, 2.75) is 38.6 Å². The first kappa shape index (κ1) is 7.49. The molecule has 56 valence electrons. The molecule has 0 aromatic carbocycles. The molecule has 0 amide bonds. The van der Waals surface area contributed by atoms with Crippen LogP contribution in [0.4, 0.5) is 0 Å². The van der Waals surface area contributed by atoms with Gasteiger partial charge >= 0.3 is 0 Å². The van der Waals surface area contributed by atoms with Gasteiger partial charge in [0.25, 0.3) is 0 Å². The van der Waals surface area contributed by atoms with Gasteiger partial charge in [0.15, 0.2) is 0 Å². The van der Waals surface area contributed by atoms with Crippen LogP contribution in [-0.2, 0) is 4.79 Å². The lowest BCUT2D eigenvalue weighted by Gasteiger charge is -2.23. The maximum Gasteiger partial charge on any atom is 0.235 e. The molecule has 2 nitrogen and oxygen atoms in total. The van der Waals surface area contributed by atoms with Gasteiger partial charge in [-0.25, -0.2) is 9.79 Å². The van der Waals surface area contributed by atoms with E-state index in [2.05, 4.69) is 11.9 Å². The monoisotopic (exact) mass is 139 g/mol. The smallest absolute Gasteiger partial charge is 0.211 e. The summed E-state index contributed by atoms with van der Waals surface area (Å²) in [6.45, 7) is 2.16. The third-order valence-electron chi connectivity index (χ3n) is 2.28. The summed E-state index contributed by atoms with van der Waals surface area (Å²) in [6, 6.07) is 0.270. The Morgan fingerprint density at radius 1 is 1.40 bits per heavy atom. The van der Waals surface area contributed by atoms with Crippen molar-refractivity contribution in [2.75, 3.05) is 0 Å². The zero-order valence-electron chi connectivity index (χ0n) is 6.34. The Labute approximate surface area is 61.3 Å². The van der Waals surface area contributed by atoms with E-state index >= 15 is 0 Å². The first-order valence-electron chi connectivity index (χ1n) is 3.91. The van der Waals surface area contributed by atoms with E-state index in [4.69, 9.17) is 0 Å². The molecule has 0 aromatic rings. The Morgan fingerprint density at radius 2 is 2.10 bits per heavy atom. The number of hydrogen-bond acceptors (Lipinski definition) is 2. The maximum atomic E-state index is 9.93. The van der Waals surface area contributed by atoms with E-state index in [1.54, 1.807) is 6.08 Å². The molecule has 1 fully saturated rings. The highest BCUT2D eigenvalue weighted by Crippen LogP contribution is 2.25. The van der Waals surface area contributed by atoms with E-state index < -0.39 is 0 Å². The van der Waals surface area contributed by atoms with E-state index in [-0.39, 0.29) is 6.04 Å². The van der Waals surface area contributed by atoms with Gasteiger partial charge in [-0.05, 0) is 18.8 Å². The van der Waals surface area contributed by atoms with Crippen molar-refractivity contribution in [3.05, 3.63) is 0 Å². The van der Waals surface area contributed by atoms with Gasteiger partial charge < -0.3 is 0 Å². The second-order valence-electron chi connectivity index (χ2n) is 3.05. The number of rotatable bonds is 1. The van der Waals surface area contributed by atoms with Crippen LogP contribution < -0.4 is 0 Å². The molecule has 0 radical (unpaired) electrons. The molecule has 0 aliphatic heterocycles. The fourth-order valence-electron chi connectivity index (χ4n) is 1.56. The molecule has 1 rings (SSSR count). The molecule has 1 saturated carbocycles. The largest absolute Gasteiger partial charge is 0.235 e. The van der Waals surface area contributed by atoms with E-state index in [1.807, 2.05) is 0 Å². The van der Waals surface area contributed by atoms with Crippen molar-refractivity contribution >= 4 is 6.08 Å². The van der Waals surface area contributed by atoms with Crippen molar-refractivity contribution < 1.29 is 4.79 Å². The van der Waals surface area contributed by atoms with Crippen LogP contribution in [0.2, 0.25) is 0 Å². The highest BCUT2D eigenvalue weighted by Gasteiger charge is 2.19. The normalized spacial score (nSPS) is 32.9. The molecule has 0 heterocycles. The van der Waals surface area contributed by atoms with Gasteiger partial charge in [0.1, 0.15) is 0 Å². The summed E-state index contributed by atoms with van der Waals surface area (Å²) in [4.78, 5) is 13.7. The predicted octanol–water partition coefficient (Wildman–Crippen LogP) is 1.90. The molecule has 2 heteroatoms. The van der Waals surface area contributed by atoms with E-state index in [1.165, 1.54) is 19.3 Å². The summed E-state index contributed by atoms with van der Waals surface area (Å²) < 4.78 is 0. The number of isocyanates is 1. The summed E-state index contributed by atoms with van der Waals surface area (Å²) >= 11 is 0. The van der Waals surface area contributed by atoms with Gasteiger partial charge in [-0.15, -0.1) is 0 Å². The minimum atomic E-state index is 0.270. The van der Waals surface area contributed by atoms with Crippen molar-refractivity contribution in [1.29, 1.82) is 0 Å². The summed E-state index contributed by atoms with van der Waals surface area (Å²) in [5, 5.41) is 0. The average molecular weight is 139 g/mol. The van der Waals surface area contributed by atoms with Crippen LogP contribution in [0.5, 0.6) is 0 Å². The van der Waals surface area contributed by atoms with Crippen LogP contribution in [0.25, 0.3) is 0 Å². The summed E-state index contributed by atoms with van der Waals surface area (Å²) in [5.74, 6) is 0.593. The Hall–Kier alpha value is -0.620. The fourth-order valence-corrected chi connectivity index (χ4v) is 1.56. The van der Waals surface area contributed by atoms with E-state index in [9.17, 15) is 4.79 Å². The van der Waals surface area contributed by atoms with Crippen LogP contribution >= 0.6 is 0 Å². The standard InChI is InChI=1S/C8H13NO/c1-7-4-2-3-5-8(7)9-6-10/h7-8H,2-5H2,1H3/t7-,8?/m1/s1. The minimum Gasteiger partial charge on any atom is -0.211 e. The molecule has 2 atom stereocenters. The van der Waals surface area contributed by atoms with Crippen LogP contribution in [0.15, 0.2) is 4.99 Å². The van der Waals surface area contributed by atoms with E-state index in [0.29, 0.717) is 5.92 Å². The lowest BCUT2D eigenvalue weighted by atomic mass is 9.86. The zero-order chi connectivity index (χ0) is 7.40. The van der Waals surface area contributed by atoms with Crippen LogP contribution in [-0.4, -0.2) is 12.1 Å². The Kier molecular flexibility index (Phi) is 2.64. The van der Waals surface area contributed by atoms with Gasteiger partial charge in [0.2, 0.25) is 6.08 Å². The van der Waals surface area contributed by atoms with Crippen LogP contribution in [0.1, 0.15) is 32.6 Å². The molecule has 0 spiro atoms. The first-order chi connectivity index (χ1) is 4.84. The number of aliphatic imine (C=N–C) groups is 1. The molecule has 0 bridgehead atoms. The third kappa shape index (κ3) is 1.68. The number of carbonyl (C=O) groups excluding carboxylic acids is 1. The van der Waals surface area contributed by atoms with Crippen molar-refractivity contribution in [3.8, 4) is 0 Å². The molecular formula is C8H13NO. The van der Waals surface area contributed by atoms with Gasteiger partial charge in [0, 0.05) is 0 Å². The second-order valence-corrected chi connectivity index (χ2v) is 3.05. The zero-order valence-corrected chi connectivity index (χ0v) is 6.34. The minimum absolute atomic E-state index is 0.270. The average Bonchev–Trinajstić information content (AvgIpc) is 1.94. The lowest BCUT2D eigenvalue weighted by molar-refractivity contribution is 0.332. The molecule has 10 heavy (non-hydrogen) atoms. The fraction of sp³-hybridized carbons (Fsp3) is 0.875. The van der Waals surface area contributed by atoms with Gasteiger partial charge in [-0.3, -0.25) is 0 Å². The molecule has 1 unspecified atom stereocenters. The highest BCUT2D eigenvalue weighted by molar-refractivity contribution is 5.33. The molecule has 1 aliphatic carbocycles. The Balaban J connectivity index is 2.47. The highest BCUT2D eigenvalue weighted by atomic mass is 16.1. The van der Waals surface area contributed by atoms with Crippen LogP contribution in [0.3, 0.4) is 0 Å². The summed E-state index contributed by atoms with van der Waals surface area (Å²) in [7, 11) is 0. The maximum absolute atomic E-state index is 9.93. The van der Waals surface area contributed by atoms with Crippen molar-refractivity contribution in [1.82, 2.24) is 0 Å². The second kappa shape index (κ2) is 3.52. The lowest BCUT2D eigenvalue weighted by Crippen LogP contribution is -2.19. The topological polar surface area (TPSA) is 29.4 Å². The first-order valence-corrected chi connectivity index (χ1v) is 3.91. The predicted molar refractivity (Wildman–Crippen MR) is 39.5 cm³/mol. The van der Waals surface area contributed by atoms with Gasteiger partial charge in [-0.1, -0.05) is 19.8 Å². The number of hydrogen-bond donors (Lipinski definition) is 0. The van der Waals surface area contributed by atoms with Crippen molar-refractivity contribution in [2.24, 2.45) is 10.9 Å². The Morgan fingerprint density at radius 3 is 2.70 bits per heavy atom. The summed E-state index contributed by atoms with van der Waals surface area (Å²) in [6.07, 6.45) is 6.46. The summed E-state index contributed by atoms with van der Waals surface area (Å²) in [5.41, 5.74) is 0.